The molecule has 0 unspecified atom stereocenters. The topological polar surface area (TPSA) is 84.4 Å². The van der Waals surface area contributed by atoms with Gasteiger partial charge in [-0.3, -0.25) is 0 Å². The van der Waals surface area contributed by atoms with Crippen molar-refractivity contribution in [2.45, 2.75) is 0 Å². The van der Waals surface area contributed by atoms with E-state index >= 15 is 0 Å². The number of amides is 2. The zero-order valence-corrected chi connectivity index (χ0v) is 15.5. The Morgan fingerprint density at radius 3 is 2.62 bits per heavy atom. The molecule has 0 radical (unpaired) electrons. The summed E-state index contributed by atoms with van der Waals surface area (Å²) in [7, 11) is 0. The van der Waals surface area contributed by atoms with E-state index < -0.39 is 12.0 Å². The lowest BCUT2D eigenvalue weighted by molar-refractivity contribution is 0.0728. The van der Waals surface area contributed by atoms with Gasteiger partial charge in [0.1, 0.15) is 5.75 Å². The average molecular weight is 407 g/mol. The number of urea groups is 1. The van der Waals surface area contributed by atoms with Crippen LogP contribution >= 0.6 is 35.9 Å². The monoisotopic (exact) mass is 406 g/mol. The largest absolute Gasteiger partial charge is 0.422 e. The molecule has 0 saturated carbocycles. The fourth-order valence-electron chi connectivity index (χ4n) is 1.93. The molecule has 10 heteroatoms. The first kappa shape index (κ1) is 18.2. The molecular weight excluding hydrogens is 396 g/mol. The number of halogens is 1. The van der Waals surface area contributed by atoms with E-state index in [-0.39, 0.29) is 5.69 Å². The molecule has 7 nitrogen and oxygen atoms in total. The van der Waals surface area contributed by atoms with Gasteiger partial charge in [0.15, 0.2) is 5.69 Å². The number of carbonyl (C=O) groups excluding carboxylic acids is 2. The maximum atomic E-state index is 12.2. The molecule has 0 spiro atoms. The molecule has 0 aliphatic rings. The van der Waals surface area contributed by atoms with Crippen LogP contribution in [0.25, 0.3) is 0 Å². The van der Waals surface area contributed by atoms with Crippen molar-refractivity contribution in [2.24, 2.45) is 0 Å². The van der Waals surface area contributed by atoms with E-state index in [1.807, 2.05) is 0 Å². The van der Waals surface area contributed by atoms with Crippen LogP contribution in [-0.2, 0) is 0 Å². The maximum absolute atomic E-state index is 12.2. The van der Waals surface area contributed by atoms with Crippen molar-refractivity contribution >= 4 is 59.3 Å². The third kappa shape index (κ3) is 4.51. The molecule has 0 fully saturated rings. The van der Waals surface area contributed by atoms with Crippen LogP contribution in [0, 0.1) is 0 Å². The maximum Gasteiger partial charge on any atom is 0.365 e. The number of hydrogen-bond acceptors (Lipinski definition) is 7. The highest BCUT2D eigenvalue weighted by molar-refractivity contribution is 7.82. The number of ether oxygens (including phenoxy) is 1. The van der Waals surface area contributed by atoms with E-state index in [0.717, 1.165) is 15.8 Å². The lowest BCUT2D eigenvalue weighted by atomic mass is 10.3. The zero-order valence-electron chi connectivity index (χ0n) is 13.0. The van der Waals surface area contributed by atoms with Gasteiger partial charge >= 0.3 is 12.0 Å². The summed E-state index contributed by atoms with van der Waals surface area (Å²) in [6.45, 7) is 0. The van der Waals surface area contributed by atoms with Gasteiger partial charge in [-0.2, -0.15) is 0 Å². The number of esters is 1. The summed E-state index contributed by atoms with van der Waals surface area (Å²) < 4.78 is 9.89. The van der Waals surface area contributed by atoms with Gasteiger partial charge in [0.2, 0.25) is 0 Å². The second-order valence-corrected chi connectivity index (χ2v) is 6.37. The summed E-state index contributed by atoms with van der Waals surface area (Å²) in [5.41, 5.74) is 1.17. The van der Waals surface area contributed by atoms with Crippen molar-refractivity contribution in [3.05, 3.63) is 64.6 Å². The number of hydrogen-bond donors (Lipinski definition) is 2. The number of thiol groups is 1. The summed E-state index contributed by atoms with van der Waals surface area (Å²) >= 11 is 11.1. The van der Waals surface area contributed by atoms with E-state index in [1.54, 1.807) is 48.5 Å². The van der Waals surface area contributed by atoms with Crippen LogP contribution < -0.4 is 14.4 Å². The van der Waals surface area contributed by atoms with Crippen LogP contribution in [0.4, 0.5) is 16.2 Å². The second kappa shape index (κ2) is 8.17. The summed E-state index contributed by atoms with van der Waals surface area (Å²) in [5.74, 6) is -0.295. The predicted molar refractivity (Wildman–Crippen MR) is 103 cm³/mol. The molecule has 0 aliphatic heterocycles. The summed E-state index contributed by atoms with van der Waals surface area (Å²) in [4.78, 5) is 24.1. The number of carbonyl (C=O) groups is 2. The van der Waals surface area contributed by atoms with Gasteiger partial charge in [-0.05, 0) is 54.0 Å². The van der Waals surface area contributed by atoms with Crippen molar-refractivity contribution in [2.75, 3.05) is 9.62 Å². The van der Waals surface area contributed by atoms with E-state index in [9.17, 15) is 9.59 Å². The molecule has 0 saturated heterocycles. The highest BCUT2D eigenvalue weighted by Gasteiger charge is 2.14. The Morgan fingerprint density at radius 2 is 1.96 bits per heavy atom. The van der Waals surface area contributed by atoms with E-state index in [4.69, 9.17) is 16.3 Å². The quantitative estimate of drug-likeness (QED) is 0.383. The molecule has 2 amide bonds. The van der Waals surface area contributed by atoms with Crippen molar-refractivity contribution in [3.63, 3.8) is 0 Å². The Labute approximate surface area is 163 Å². The number of anilines is 2. The molecule has 132 valence electrons. The highest BCUT2D eigenvalue weighted by atomic mass is 35.5. The van der Waals surface area contributed by atoms with Crippen LogP contribution in [0.1, 0.15) is 10.5 Å². The van der Waals surface area contributed by atoms with Crippen molar-refractivity contribution < 1.29 is 14.3 Å². The lowest BCUT2D eigenvalue weighted by Crippen LogP contribution is -2.26. The van der Waals surface area contributed by atoms with Crippen LogP contribution in [-0.4, -0.2) is 21.6 Å². The first-order valence-electron chi connectivity index (χ1n) is 7.18. The third-order valence-corrected chi connectivity index (χ3v) is 4.28. The van der Waals surface area contributed by atoms with Gasteiger partial charge in [0.05, 0.1) is 5.69 Å². The Balaban J connectivity index is 1.63. The fraction of sp³-hybridized carbons (Fsp3) is 0. The highest BCUT2D eigenvalue weighted by Crippen LogP contribution is 2.23. The van der Waals surface area contributed by atoms with E-state index in [2.05, 4.69) is 27.7 Å². The smallest absolute Gasteiger partial charge is 0.365 e. The zero-order chi connectivity index (χ0) is 18.5. The van der Waals surface area contributed by atoms with Crippen LogP contribution in [0.3, 0.4) is 0 Å². The Kier molecular flexibility index (Phi) is 5.71. The molecule has 1 aromatic heterocycles. The molecule has 2 aromatic carbocycles. The Morgan fingerprint density at radius 1 is 1.19 bits per heavy atom. The Bertz CT molecular complexity index is 920. The van der Waals surface area contributed by atoms with Gasteiger partial charge < -0.3 is 10.1 Å². The van der Waals surface area contributed by atoms with Crippen molar-refractivity contribution in [1.29, 1.82) is 0 Å². The SMILES string of the molecule is O=C(Oc1ccc(N(S)C(=O)Nc2cccc(Cl)c2)cc1)c1csnn1. The predicted octanol–water partition coefficient (Wildman–Crippen LogP) is 4.29. The van der Waals surface area contributed by atoms with Crippen LogP contribution in [0.2, 0.25) is 5.02 Å². The minimum Gasteiger partial charge on any atom is -0.422 e. The molecule has 26 heavy (non-hydrogen) atoms. The van der Waals surface area contributed by atoms with Gasteiger partial charge in [0, 0.05) is 16.1 Å². The van der Waals surface area contributed by atoms with Crippen LogP contribution in [0.5, 0.6) is 5.75 Å². The molecule has 0 atom stereocenters. The van der Waals surface area contributed by atoms with Crippen LogP contribution in [0.15, 0.2) is 53.9 Å². The minimum absolute atomic E-state index is 0.135. The van der Waals surface area contributed by atoms with Gasteiger partial charge in [-0.25, -0.2) is 13.9 Å². The van der Waals surface area contributed by atoms with E-state index in [1.165, 1.54) is 5.38 Å². The first-order valence-corrected chi connectivity index (χ1v) is 8.79. The van der Waals surface area contributed by atoms with Gasteiger partial charge in [0.25, 0.3) is 0 Å². The summed E-state index contributed by atoms with van der Waals surface area (Å²) in [6.07, 6.45) is 0. The standard InChI is InChI=1S/C16H11ClN4O3S2/c17-10-2-1-3-11(8-10)18-16(23)21(25)12-4-6-13(7-5-12)24-15(22)14-9-26-20-19-14/h1-9,25H,(H,18,23). The normalized spacial score (nSPS) is 10.2. The second-order valence-electron chi connectivity index (χ2n) is 4.93. The number of nitrogens with one attached hydrogen (secondary N) is 1. The molecule has 3 aromatic rings. The average Bonchev–Trinajstić information content (AvgIpc) is 3.16. The first-order chi connectivity index (χ1) is 12.5. The van der Waals surface area contributed by atoms with Crippen molar-refractivity contribution in [1.82, 2.24) is 9.59 Å². The molecule has 1 N–H and O–H groups in total. The summed E-state index contributed by atoms with van der Waals surface area (Å²) in [5, 5.41) is 8.31. The molecule has 3 rings (SSSR count). The lowest BCUT2D eigenvalue weighted by Gasteiger charge is -2.17. The third-order valence-electron chi connectivity index (χ3n) is 3.13. The number of benzene rings is 2. The number of aromatic nitrogens is 2. The van der Waals surface area contributed by atoms with Gasteiger partial charge in [-0.1, -0.05) is 35.0 Å². The number of rotatable bonds is 4. The fourth-order valence-corrected chi connectivity index (χ4v) is 2.73. The molecular formula is C16H11ClN4O3S2. The molecule has 0 bridgehead atoms. The number of nitrogens with zero attached hydrogens (tertiary/aromatic N) is 3. The summed E-state index contributed by atoms with van der Waals surface area (Å²) in [6, 6.07) is 12.6. The minimum atomic E-state index is -0.604. The molecule has 0 aliphatic carbocycles. The van der Waals surface area contributed by atoms with Gasteiger partial charge in [-0.15, -0.1) is 5.10 Å². The van der Waals surface area contributed by atoms with Crippen molar-refractivity contribution in [3.8, 4) is 5.75 Å². The van der Waals surface area contributed by atoms with E-state index in [0.29, 0.717) is 22.1 Å². The molecule has 1 heterocycles. The Hall–Kier alpha value is -2.62.